The Kier molecular flexibility index (Phi) is 3.11. The van der Waals surface area contributed by atoms with Crippen LogP contribution in [0.2, 0.25) is 0 Å². The number of hydrogen-bond donors (Lipinski definition) is 0. The fraction of sp³-hybridized carbons (Fsp3) is 0.500. The zero-order valence-electron chi connectivity index (χ0n) is 10.6. The molecule has 1 aromatic rings. The summed E-state index contributed by atoms with van der Waals surface area (Å²) >= 11 is 0. The molecule has 0 radical (unpaired) electrons. The molecule has 3 rings (SSSR count). The van der Waals surface area contributed by atoms with Gasteiger partial charge in [-0.3, -0.25) is 0 Å². The molecule has 1 aliphatic carbocycles. The lowest BCUT2D eigenvalue weighted by molar-refractivity contribution is -0.0322. The minimum atomic E-state index is -0.228. The number of ether oxygens (including phenoxy) is 1. The van der Waals surface area contributed by atoms with E-state index in [2.05, 4.69) is 6.08 Å². The molecule has 1 aliphatic heterocycles. The molecule has 1 nitrogen and oxygen atoms in total. The van der Waals surface area contributed by atoms with Gasteiger partial charge in [-0.25, -0.2) is 4.39 Å². The van der Waals surface area contributed by atoms with Gasteiger partial charge in [-0.1, -0.05) is 31.4 Å². The molecule has 1 fully saturated rings. The first kappa shape index (κ1) is 11.8. The zero-order valence-corrected chi connectivity index (χ0v) is 10.6. The van der Waals surface area contributed by atoms with Crippen molar-refractivity contribution in [3.63, 3.8) is 0 Å². The van der Waals surface area contributed by atoms with Crippen molar-refractivity contribution in [3.05, 3.63) is 48.0 Å². The van der Waals surface area contributed by atoms with Gasteiger partial charge >= 0.3 is 0 Å². The van der Waals surface area contributed by atoms with Gasteiger partial charge in [0.2, 0.25) is 0 Å². The number of rotatable bonds is 2. The Morgan fingerprint density at radius 2 is 1.78 bits per heavy atom. The second kappa shape index (κ2) is 4.75. The molecule has 0 spiro atoms. The highest BCUT2D eigenvalue weighted by Gasteiger charge is 2.43. The lowest BCUT2D eigenvalue weighted by Crippen LogP contribution is -2.35. The monoisotopic (exact) mass is 246 g/mol. The third kappa shape index (κ3) is 1.94. The summed E-state index contributed by atoms with van der Waals surface area (Å²) in [4.78, 5) is 0. The van der Waals surface area contributed by atoms with Crippen LogP contribution >= 0.6 is 0 Å². The van der Waals surface area contributed by atoms with E-state index in [9.17, 15) is 4.39 Å². The van der Waals surface area contributed by atoms with Gasteiger partial charge in [-0.15, -0.1) is 0 Å². The Morgan fingerprint density at radius 1 is 1.06 bits per heavy atom. The molecule has 0 N–H and O–H groups in total. The third-order valence-corrected chi connectivity index (χ3v) is 4.39. The Bertz CT molecular complexity index is 421. The van der Waals surface area contributed by atoms with Gasteiger partial charge in [0.05, 0.1) is 6.26 Å². The second-order valence-corrected chi connectivity index (χ2v) is 5.43. The molecule has 96 valence electrons. The Labute approximate surface area is 108 Å². The molecule has 0 aromatic heterocycles. The highest BCUT2D eigenvalue weighted by molar-refractivity contribution is 5.27. The van der Waals surface area contributed by atoms with E-state index in [-0.39, 0.29) is 11.4 Å². The van der Waals surface area contributed by atoms with Crippen molar-refractivity contribution in [2.24, 2.45) is 5.92 Å². The van der Waals surface area contributed by atoms with E-state index in [1.807, 2.05) is 18.4 Å². The molecule has 2 heteroatoms. The predicted molar refractivity (Wildman–Crippen MR) is 69.5 cm³/mol. The summed E-state index contributed by atoms with van der Waals surface area (Å²) in [6, 6.07) is 6.86. The van der Waals surface area contributed by atoms with Crippen LogP contribution in [0.1, 0.15) is 44.1 Å². The van der Waals surface area contributed by atoms with Gasteiger partial charge in [0, 0.05) is 12.3 Å². The van der Waals surface area contributed by atoms with Crippen LogP contribution in [-0.4, -0.2) is 0 Å². The van der Waals surface area contributed by atoms with Crippen molar-refractivity contribution >= 4 is 0 Å². The maximum atomic E-state index is 13.1. The first-order valence-corrected chi connectivity index (χ1v) is 6.90. The van der Waals surface area contributed by atoms with Crippen molar-refractivity contribution < 1.29 is 9.13 Å². The van der Waals surface area contributed by atoms with Crippen LogP contribution in [0.25, 0.3) is 0 Å². The summed E-state index contributed by atoms with van der Waals surface area (Å²) in [5, 5.41) is 0. The summed E-state index contributed by atoms with van der Waals surface area (Å²) < 4.78 is 19.1. The van der Waals surface area contributed by atoms with E-state index in [4.69, 9.17) is 4.74 Å². The molecule has 18 heavy (non-hydrogen) atoms. The standard InChI is InChI=1S/C16H19FO/c17-15-9-7-14(8-10-15)16(11-4-12-18-16)13-5-2-1-3-6-13/h4,7-10,12-13H,1-3,5-6,11H2/t16-/m0/s1. The van der Waals surface area contributed by atoms with Crippen LogP contribution in [-0.2, 0) is 10.3 Å². The Morgan fingerprint density at radius 3 is 2.39 bits per heavy atom. The smallest absolute Gasteiger partial charge is 0.139 e. The van der Waals surface area contributed by atoms with Gasteiger partial charge in [0.15, 0.2) is 0 Å². The van der Waals surface area contributed by atoms with E-state index in [1.165, 1.54) is 32.1 Å². The summed E-state index contributed by atoms with van der Waals surface area (Å²) in [6.45, 7) is 0. The van der Waals surface area contributed by atoms with Gasteiger partial charge in [-0.2, -0.15) is 0 Å². The normalized spacial score (nSPS) is 28.3. The van der Waals surface area contributed by atoms with E-state index >= 15 is 0 Å². The van der Waals surface area contributed by atoms with Crippen LogP contribution < -0.4 is 0 Å². The fourth-order valence-electron chi connectivity index (χ4n) is 3.43. The van der Waals surface area contributed by atoms with E-state index in [0.717, 1.165) is 12.0 Å². The molecule has 1 aromatic carbocycles. The fourth-order valence-corrected chi connectivity index (χ4v) is 3.43. The Balaban J connectivity index is 1.93. The maximum Gasteiger partial charge on any atom is 0.139 e. The Hall–Kier alpha value is -1.31. The molecule has 1 saturated carbocycles. The van der Waals surface area contributed by atoms with Crippen molar-refractivity contribution in [2.75, 3.05) is 0 Å². The average molecular weight is 246 g/mol. The lowest BCUT2D eigenvalue weighted by atomic mass is 9.72. The molecule has 0 saturated heterocycles. The zero-order chi connectivity index (χ0) is 12.4. The van der Waals surface area contributed by atoms with Gasteiger partial charge in [0.25, 0.3) is 0 Å². The van der Waals surface area contributed by atoms with Crippen molar-refractivity contribution in [1.82, 2.24) is 0 Å². The van der Waals surface area contributed by atoms with Gasteiger partial charge < -0.3 is 4.74 Å². The molecular formula is C16H19FO. The van der Waals surface area contributed by atoms with Crippen LogP contribution in [0.4, 0.5) is 4.39 Å². The largest absolute Gasteiger partial charge is 0.490 e. The molecule has 0 unspecified atom stereocenters. The molecule has 1 heterocycles. The van der Waals surface area contributed by atoms with Crippen LogP contribution in [0, 0.1) is 11.7 Å². The predicted octanol–water partition coefficient (Wildman–Crippen LogP) is 4.54. The first-order chi connectivity index (χ1) is 8.81. The first-order valence-electron chi connectivity index (χ1n) is 6.90. The van der Waals surface area contributed by atoms with Crippen LogP contribution in [0.15, 0.2) is 36.6 Å². The minimum absolute atomic E-state index is 0.177. The molecule has 0 amide bonds. The van der Waals surface area contributed by atoms with Gasteiger partial charge in [0.1, 0.15) is 11.4 Å². The summed E-state index contributed by atoms with van der Waals surface area (Å²) in [6.07, 6.45) is 11.2. The van der Waals surface area contributed by atoms with E-state index in [0.29, 0.717) is 5.92 Å². The highest BCUT2D eigenvalue weighted by atomic mass is 19.1. The van der Waals surface area contributed by atoms with Crippen molar-refractivity contribution in [2.45, 2.75) is 44.1 Å². The maximum absolute atomic E-state index is 13.1. The number of hydrogen-bond acceptors (Lipinski definition) is 1. The quantitative estimate of drug-likeness (QED) is 0.744. The molecule has 1 atom stereocenters. The average Bonchev–Trinajstić information content (AvgIpc) is 2.91. The summed E-state index contributed by atoms with van der Waals surface area (Å²) in [7, 11) is 0. The topological polar surface area (TPSA) is 9.23 Å². The van der Waals surface area contributed by atoms with E-state index in [1.54, 1.807) is 12.1 Å². The van der Waals surface area contributed by atoms with Crippen LogP contribution in [0.5, 0.6) is 0 Å². The summed E-state index contributed by atoms with van der Waals surface area (Å²) in [5.74, 6) is 0.384. The molecule has 2 aliphatic rings. The number of halogens is 1. The van der Waals surface area contributed by atoms with Gasteiger partial charge in [-0.05, 0) is 36.6 Å². The summed E-state index contributed by atoms with van der Waals surface area (Å²) in [5.41, 5.74) is 0.898. The highest BCUT2D eigenvalue weighted by Crippen LogP contribution is 2.47. The second-order valence-electron chi connectivity index (χ2n) is 5.43. The SMILES string of the molecule is Fc1ccc([C@@]2(C3CCCCC3)CC=CO2)cc1. The molecule has 0 bridgehead atoms. The lowest BCUT2D eigenvalue weighted by Gasteiger charge is -2.39. The van der Waals surface area contributed by atoms with Crippen molar-refractivity contribution in [1.29, 1.82) is 0 Å². The van der Waals surface area contributed by atoms with Crippen molar-refractivity contribution in [3.8, 4) is 0 Å². The van der Waals surface area contributed by atoms with Crippen LogP contribution in [0.3, 0.4) is 0 Å². The third-order valence-electron chi connectivity index (χ3n) is 4.39. The minimum Gasteiger partial charge on any atom is -0.490 e. The van der Waals surface area contributed by atoms with E-state index < -0.39 is 0 Å². The number of benzene rings is 1. The molecular weight excluding hydrogens is 227 g/mol.